The van der Waals surface area contributed by atoms with E-state index < -0.39 is 17.7 Å². The number of aliphatic hydroxyl groups excluding tert-OH is 1. The number of thioether (sulfide) groups is 1. The minimum atomic E-state index is -0.895. The summed E-state index contributed by atoms with van der Waals surface area (Å²) < 4.78 is 7.54. The molecule has 5 aromatic rings. The number of anilines is 1. The third-order valence-corrected chi connectivity index (χ3v) is 10.3. The maximum absolute atomic E-state index is 13.6. The van der Waals surface area contributed by atoms with Crippen LogP contribution < -0.4 is 9.64 Å². The molecule has 1 amide bonds. The van der Waals surface area contributed by atoms with Crippen molar-refractivity contribution < 1.29 is 19.4 Å². The van der Waals surface area contributed by atoms with Gasteiger partial charge in [-0.15, -0.1) is 10.2 Å². The molecule has 1 unspecified atom stereocenters. The second kappa shape index (κ2) is 13.7. The summed E-state index contributed by atoms with van der Waals surface area (Å²) in [4.78, 5) is 28.4. The van der Waals surface area contributed by atoms with Crippen molar-refractivity contribution in [2.24, 2.45) is 0 Å². The topological polar surface area (TPSA) is 92.6 Å². The predicted octanol–water partition coefficient (Wildman–Crippen LogP) is 8.60. The Hall–Kier alpha value is -3.71. The van der Waals surface area contributed by atoms with Crippen LogP contribution in [0.4, 0.5) is 5.13 Å². The van der Waals surface area contributed by atoms with Gasteiger partial charge < -0.3 is 9.84 Å². The molecule has 1 fully saturated rings. The molecule has 1 saturated heterocycles. The van der Waals surface area contributed by atoms with Gasteiger partial charge in [-0.1, -0.05) is 94.9 Å². The van der Waals surface area contributed by atoms with Gasteiger partial charge in [0.15, 0.2) is 4.34 Å². The summed E-state index contributed by atoms with van der Waals surface area (Å²) in [5, 5.41) is 21.0. The Labute approximate surface area is 287 Å². The van der Waals surface area contributed by atoms with Crippen molar-refractivity contribution in [3.63, 3.8) is 0 Å². The zero-order valence-corrected chi connectivity index (χ0v) is 28.4. The molecule has 11 heteroatoms. The van der Waals surface area contributed by atoms with Gasteiger partial charge in [0, 0.05) is 19.9 Å². The van der Waals surface area contributed by atoms with Crippen molar-refractivity contribution in [2.45, 2.75) is 29.7 Å². The zero-order chi connectivity index (χ0) is 31.5. The first-order chi connectivity index (χ1) is 21.8. The number of Topliss-reactive ketones (excluding diaryl/α,β-unsaturated/α-hetero) is 1. The highest BCUT2D eigenvalue weighted by molar-refractivity contribution is 14.1. The van der Waals surface area contributed by atoms with Crippen LogP contribution in [0, 0.1) is 10.5 Å². The maximum Gasteiger partial charge on any atom is 0.301 e. The lowest BCUT2D eigenvalue weighted by atomic mass is 9.95. The van der Waals surface area contributed by atoms with E-state index in [9.17, 15) is 14.7 Å². The van der Waals surface area contributed by atoms with E-state index in [1.807, 2.05) is 73.7 Å². The number of rotatable bonds is 9. The van der Waals surface area contributed by atoms with Crippen LogP contribution in [0.2, 0.25) is 5.02 Å². The van der Waals surface area contributed by atoms with E-state index in [1.165, 1.54) is 28.0 Å². The number of hydrogen-bond donors (Lipinski definition) is 1. The van der Waals surface area contributed by atoms with Gasteiger partial charge in [0.05, 0.1) is 11.6 Å². The van der Waals surface area contributed by atoms with E-state index in [2.05, 4.69) is 38.9 Å². The highest BCUT2D eigenvalue weighted by atomic mass is 127. The van der Waals surface area contributed by atoms with E-state index in [0.29, 0.717) is 38.6 Å². The lowest BCUT2D eigenvalue weighted by Gasteiger charge is -2.22. The summed E-state index contributed by atoms with van der Waals surface area (Å²) in [7, 11) is 0. The summed E-state index contributed by atoms with van der Waals surface area (Å²) in [5.74, 6) is -0.674. The molecule has 0 spiro atoms. The number of carbonyl (C=O) groups excluding carboxylic acids is 2. The first-order valence-electron chi connectivity index (χ1n) is 13.8. The number of halogens is 2. The summed E-state index contributed by atoms with van der Waals surface area (Å²) >= 11 is 11.2. The second-order valence-electron chi connectivity index (χ2n) is 10.3. The summed E-state index contributed by atoms with van der Waals surface area (Å²) in [5.41, 5.74) is 4.18. The van der Waals surface area contributed by atoms with Crippen molar-refractivity contribution in [1.29, 1.82) is 0 Å². The fourth-order valence-corrected chi connectivity index (χ4v) is 7.45. The average molecular weight is 766 g/mol. The number of ether oxygens (including phenoxy) is 1. The monoisotopic (exact) mass is 765 g/mol. The van der Waals surface area contributed by atoms with Crippen LogP contribution >= 0.6 is 57.3 Å². The van der Waals surface area contributed by atoms with Gasteiger partial charge >= 0.3 is 5.91 Å². The molecule has 4 aromatic carbocycles. The van der Waals surface area contributed by atoms with Crippen molar-refractivity contribution in [3.8, 4) is 5.75 Å². The molecule has 0 saturated carbocycles. The van der Waals surface area contributed by atoms with E-state index >= 15 is 0 Å². The molecule has 1 aliphatic rings. The highest BCUT2D eigenvalue weighted by Gasteiger charge is 2.48. The molecule has 1 aliphatic heterocycles. The van der Waals surface area contributed by atoms with Crippen molar-refractivity contribution in [3.05, 3.63) is 139 Å². The van der Waals surface area contributed by atoms with E-state index in [1.54, 1.807) is 24.3 Å². The number of aryl methyl sites for hydroxylation is 1. The largest absolute Gasteiger partial charge is 0.507 e. The Balaban J connectivity index is 1.30. The number of aromatic nitrogens is 2. The number of amides is 1. The zero-order valence-electron chi connectivity index (χ0n) is 23.8. The number of ketones is 1. The molecule has 2 heterocycles. The van der Waals surface area contributed by atoms with Crippen LogP contribution in [0.15, 0.2) is 107 Å². The molecule has 226 valence electrons. The fourth-order valence-electron chi connectivity index (χ4n) is 4.94. The molecule has 1 aromatic heterocycles. The minimum Gasteiger partial charge on any atom is -0.507 e. The molecular weight excluding hydrogens is 741 g/mol. The smallest absolute Gasteiger partial charge is 0.301 e. The van der Waals surface area contributed by atoms with Crippen molar-refractivity contribution in [2.75, 3.05) is 4.90 Å². The first-order valence-corrected chi connectivity index (χ1v) is 17.1. The van der Waals surface area contributed by atoms with E-state index in [4.69, 9.17) is 16.3 Å². The number of carbonyl (C=O) groups is 2. The Bertz CT molecular complexity index is 1910. The molecule has 7 nitrogen and oxygen atoms in total. The van der Waals surface area contributed by atoms with Gasteiger partial charge in [-0.2, -0.15) is 0 Å². The van der Waals surface area contributed by atoms with Crippen molar-refractivity contribution in [1.82, 2.24) is 10.2 Å². The molecule has 0 bridgehead atoms. The Morgan fingerprint density at radius 3 is 2.49 bits per heavy atom. The van der Waals surface area contributed by atoms with Crippen LogP contribution in [0.5, 0.6) is 5.75 Å². The molecule has 1 N–H and O–H groups in total. The minimum absolute atomic E-state index is 0.0184. The van der Waals surface area contributed by atoms with Crippen LogP contribution in [0.3, 0.4) is 0 Å². The van der Waals surface area contributed by atoms with Crippen LogP contribution in [-0.2, 0) is 21.9 Å². The average Bonchev–Trinajstić information content (AvgIpc) is 3.61. The maximum atomic E-state index is 13.6. The first kappa shape index (κ1) is 31.3. The Morgan fingerprint density at radius 2 is 1.76 bits per heavy atom. The summed E-state index contributed by atoms with van der Waals surface area (Å²) in [6, 6.07) is 29.0. The van der Waals surface area contributed by atoms with Gasteiger partial charge in [0.25, 0.3) is 5.78 Å². The highest BCUT2D eigenvalue weighted by Crippen LogP contribution is 2.44. The SMILES string of the molecule is Cc1cccc(COc2ccc(/C(O)=C3\C(=O)C(=O)N(c4nnc(SCc5ccccc5Cl)s4)C3c3ccc(I)cc3)cc2)c1. The van der Waals surface area contributed by atoms with Crippen LogP contribution in [0.1, 0.15) is 33.9 Å². The van der Waals surface area contributed by atoms with Gasteiger partial charge in [0.1, 0.15) is 18.1 Å². The molecule has 45 heavy (non-hydrogen) atoms. The van der Waals surface area contributed by atoms with Gasteiger partial charge in [-0.25, -0.2) is 0 Å². The number of aliphatic hydroxyl groups is 1. The van der Waals surface area contributed by atoms with E-state index in [0.717, 1.165) is 20.3 Å². The second-order valence-corrected chi connectivity index (χ2v) is 14.1. The Morgan fingerprint density at radius 1 is 1.00 bits per heavy atom. The molecular formula is C34H25ClIN3O4S2. The third kappa shape index (κ3) is 6.94. The molecule has 0 radical (unpaired) electrons. The van der Waals surface area contributed by atoms with Gasteiger partial charge in [0.2, 0.25) is 5.13 Å². The lowest BCUT2D eigenvalue weighted by Crippen LogP contribution is -2.29. The lowest BCUT2D eigenvalue weighted by molar-refractivity contribution is -0.132. The standard InChI is InChI=1S/C34H25ClIN3O4S2/c1-20-5-4-6-21(17-20)18-43-26-15-11-23(12-16-26)30(40)28-29(22-9-13-25(36)14-10-22)39(32(42)31(28)41)33-37-38-34(45-33)44-19-24-7-2-3-8-27(24)35/h2-17,29,40H,18-19H2,1H3/b30-28+. The molecule has 1 atom stereocenters. The number of hydrogen-bond acceptors (Lipinski definition) is 8. The number of nitrogens with zero attached hydrogens (tertiary/aromatic N) is 3. The van der Waals surface area contributed by atoms with Gasteiger partial charge in [-0.3, -0.25) is 14.5 Å². The number of benzene rings is 4. The predicted molar refractivity (Wildman–Crippen MR) is 187 cm³/mol. The quantitative estimate of drug-likeness (QED) is 0.0402. The third-order valence-electron chi connectivity index (χ3n) is 7.16. The normalized spacial score (nSPS) is 15.9. The van der Waals surface area contributed by atoms with Crippen LogP contribution in [-0.4, -0.2) is 27.0 Å². The fraction of sp³-hybridized carbons (Fsp3) is 0.118. The summed E-state index contributed by atoms with van der Waals surface area (Å²) in [6.45, 7) is 2.42. The summed E-state index contributed by atoms with van der Waals surface area (Å²) in [6.07, 6.45) is 0. The van der Waals surface area contributed by atoms with Crippen LogP contribution in [0.25, 0.3) is 5.76 Å². The Kier molecular flexibility index (Phi) is 9.55. The van der Waals surface area contributed by atoms with E-state index in [-0.39, 0.29) is 16.5 Å². The van der Waals surface area contributed by atoms with Gasteiger partial charge in [-0.05, 0) is 88.7 Å². The van der Waals surface area contributed by atoms with Crippen molar-refractivity contribution >= 4 is 79.9 Å². The molecule has 0 aliphatic carbocycles. The molecule has 6 rings (SSSR count).